The summed E-state index contributed by atoms with van der Waals surface area (Å²) in [6.45, 7) is 6.95. The molecule has 3 saturated heterocycles. The predicted molar refractivity (Wildman–Crippen MR) is 138 cm³/mol. The highest BCUT2D eigenvalue weighted by Crippen LogP contribution is 2.47. The molecule has 0 aliphatic carbocycles. The van der Waals surface area contributed by atoms with Crippen molar-refractivity contribution >= 4 is 25.9 Å². The number of aryl methyl sites for hydroxylation is 1. The van der Waals surface area contributed by atoms with Crippen molar-refractivity contribution < 1.29 is 23.5 Å². The largest absolute Gasteiger partial charge is 0.394 e. The van der Waals surface area contributed by atoms with Crippen LogP contribution in [0.25, 0.3) is 0 Å². The van der Waals surface area contributed by atoms with Crippen molar-refractivity contribution in [2.75, 3.05) is 24.6 Å². The minimum absolute atomic E-state index is 0.0201. The van der Waals surface area contributed by atoms with Crippen LogP contribution in [0.15, 0.2) is 24.3 Å². The zero-order valence-corrected chi connectivity index (χ0v) is 22.4. The van der Waals surface area contributed by atoms with Crippen molar-refractivity contribution in [3.05, 3.63) is 29.8 Å². The first kappa shape index (κ1) is 26.3. The third-order valence-corrected chi connectivity index (χ3v) is 10.8. The SMILES string of the molecule is C[C@@H]1[C@@H]([Si](C)(C)F)[C@H](CC(=O)N2CCC[C@H]2CO)O[C@@H]1CCc1ccc(N2CCCCC2=O)cc1. The maximum Gasteiger partial charge on any atom is 0.246 e. The molecule has 8 heteroatoms. The van der Waals surface area contributed by atoms with Gasteiger partial charge < -0.3 is 23.8 Å². The summed E-state index contributed by atoms with van der Waals surface area (Å²) in [5.74, 6) is 0.225. The van der Waals surface area contributed by atoms with Crippen LogP contribution in [0.1, 0.15) is 57.4 Å². The highest BCUT2D eigenvalue weighted by atomic mass is 28.4. The third kappa shape index (κ3) is 5.97. The molecule has 2 amide bonds. The van der Waals surface area contributed by atoms with Crippen LogP contribution in [0, 0.1) is 5.92 Å². The van der Waals surface area contributed by atoms with E-state index in [-0.39, 0.29) is 48.4 Å². The second-order valence-corrected chi connectivity index (χ2v) is 14.9. The zero-order chi connectivity index (χ0) is 25.2. The lowest BCUT2D eigenvalue weighted by Gasteiger charge is -2.30. The maximum absolute atomic E-state index is 15.4. The van der Waals surface area contributed by atoms with E-state index in [2.05, 4.69) is 19.1 Å². The van der Waals surface area contributed by atoms with Crippen LogP contribution in [0.4, 0.5) is 9.80 Å². The smallest absolute Gasteiger partial charge is 0.246 e. The molecule has 3 heterocycles. The fourth-order valence-corrected chi connectivity index (χ4v) is 9.00. The molecule has 1 aromatic carbocycles. The van der Waals surface area contributed by atoms with Crippen molar-refractivity contribution in [2.24, 2.45) is 5.92 Å². The lowest BCUT2D eigenvalue weighted by Crippen LogP contribution is -2.42. The number of carbonyl (C=O) groups excluding carboxylic acids is 2. The van der Waals surface area contributed by atoms with Gasteiger partial charge >= 0.3 is 0 Å². The van der Waals surface area contributed by atoms with Gasteiger partial charge in [-0.1, -0.05) is 19.1 Å². The molecule has 0 bridgehead atoms. The van der Waals surface area contributed by atoms with Gasteiger partial charge in [0.15, 0.2) is 0 Å². The van der Waals surface area contributed by atoms with Crippen molar-refractivity contribution in [2.45, 2.75) is 95.2 Å². The van der Waals surface area contributed by atoms with E-state index in [1.165, 1.54) is 5.56 Å². The molecule has 5 atom stereocenters. The van der Waals surface area contributed by atoms with E-state index in [0.717, 1.165) is 50.8 Å². The van der Waals surface area contributed by atoms with Gasteiger partial charge in [-0.25, -0.2) is 0 Å². The van der Waals surface area contributed by atoms with Crippen LogP contribution in [0.3, 0.4) is 0 Å². The molecule has 35 heavy (non-hydrogen) atoms. The van der Waals surface area contributed by atoms with E-state index >= 15 is 4.11 Å². The molecule has 6 nitrogen and oxygen atoms in total. The van der Waals surface area contributed by atoms with Gasteiger partial charge in [0.1, 0.15) is 0 Å². The number of benzene rings is 1. The number of ether oxygens (including phenoxy) is 1. The summed E-state index contributed by atoms with van der Waals surface area (Å²) >= 11 is 0. The van der Waals surface area contributed by atoms with Crippen LogP contribution in [-0.4, -0.2) is 68.2 Å². The van der Waals surface area contributed by atoms with Gasteiger partial charge in [0, 0.05) is 30.7 Å². The number of nitrogens with zero attached hydrogens (tertiary/aromatic N) is 2. The summed E-state index contributed by atoms with van der Waals surface area (Å²) in [5, 5.41) is 9.60. The summed E-state index contributed by atoms with van der Waals surface area (Å²) in [7, 11) is -3.05. The number of amides is 2. The van der Waals surface area contributed by atoms with Crippen LogP contribution in [0.5, 0.6) is 0 Å². The standard InChI is InChI=1S/C27H41FN2O4Si/c1-19-23(14-11-20-9-12-21(13-10-20)29-15-5-4-8-25(29)32)34-24(27(19)35(2,3)28)17-26(33)30-16-6-7-22(30)18-31/h9-10,12-13,19,22-24,27,31H,4-8,11,14-18H2,1-3H3/t19-,22-,23+,24-,27+/m0/s1. The quantitative estimate of drug-likeness (QED) is 0.419. The van der Waals surface area contributed by atoms with E-state index in [4.69, 9.17) is 4.74 Å². The highest BCUT2D eigenvalue weighted by molar-refractivity contribution is 6.72. The minimum Gasteiger partial charge on any atom is -0.394 e. The predicted octanol–water partition coefficient (Wildman–Crippen LogP) is 4.46. The van der Waals surface area contributed by atoms with Gasteiger partial charge in [0.05, 0.1) is 31.3 Å². The Morgan fingerprint density at radius 3 is 2.54 bits per heavy atom. The molecule has 194 valence electrons. The van der Waals surface area contributed by atoms with E-state index in [1.807, 2.05) is 17.0 Å². The number of halogens is 1. The monoisotopic (exact) mass is 504 g/mol. The first-order chi connectivity index (χ1) is 16.7. The lowest BCUT2D eigenvalue weighted by molar-refractivity contribution is -0.135. The van der Waals surface area contributed by atoms with Gasteiger partial charge in [-0.05, 0) is 75.2 Å². The van der Waals surface area contributed by atoms with Crippen molar-refractivity contribution in [3.63, 3.8) is 0 Å². The molecule has 1 aromatic rings. The fourth-order valence-electron chi connectivity index (χ4n) is 6.45. The third-order valence-electron chi connectivity index (χ3n) is 8.27. The van der Waals surface area contributed by atoms with Gasteiger partial charge in [-0.2, -0.15) is 0 Å². The van der Waals surface area contributed by atoms with Crippen molar-refractivity contribution in [3.8, 4) is 0 Å². The normalized spacial score (nSPS) is 29.7. The van der Waals surface area contributed by atoms with Gasteiger partial charge in [0.2, 0.25) is 20.2 Å². The summed E-state index contributed by atoms with van der Waals surface area (Å²) in [4.78, 5) is 28.9. The molecule has 0 radical (unpaired) electrons. The molecule has 4 rings (SSSR count). The van der Waals surface area contributed by atoms with E-state index < -0.39 is 14.5 Å². The van der Waals surface area contributed by atoms with Crippen molar-refractivity contribution in [1.82, 2.24) is 4.90 Å². The second-order valence-electron chi connectivity index (χ2n) is 11.1. The first-order valence-corrected chi connectivity index (χ1v) is 16.3. The van der Waals surface area contributed by atoms with E-state index in [1.54, 1.807) is 18.0 Å². The molecule has 1 N–H and O–H groups in total. The Hall–Kier alpha value is -1.77. The van der Waals surface area contributed by atoms with E-state index in [0.29, 0.717) is 13.0 Å². The number of piperidine rings is 1. The minimum atomic E-state index is -3.05. The molecule has 0 saturated carbocycles. The highest BCUT2D eigenvalue weighted by Gasteiger charge is 2.52. The molecule has 0 aromatic heterocycles. The van der Waals surface area contributed by atoms with Gasteiger partial charge in [0.25, 0.3) is 0 Å². The number of likely N-dealkylation sites (tertiary alicyclic amines) is 1. The Labute approximate surface area is 210 Å². The summed E-state index contributed by atoms with van der Waals surface area (Å²) in [6.07, 6.45) is 5.65. The number of aliphatic hydroxyl groups excluding tert-OH is 1. The molecule has 3 aliphatic heterocycles. The number of hydrogen-bond donors (Lipinski definition) is 1. The van der Waals surface area contributed by atoms with Crippen LogP contribution in [0.2, 0.25) is 18.6 Å². The molecule has 3 fully saturated rings. The topological polar surface area (TPSA) is 70.1 Å². The summed E-state index contributed by atoms with van der Waals surface area (Å²) < 4.78 is 21.8. The number of anilines is 1. The van der Waals surface area contributed by atoms with E-state index in [9.17, 15) is 14.7 Å². The van der Waals surface area contributed by atoms with Crippen LogP contribution < -0.4 is 4.90 Å². The first-order valence-electron chi connectivity index (χ1n) is 13.3. The number of hydrogen-bond acceptors (Lipinski definition) is 4. The summed E-state index contributed by atoms with van der Waals surface area (Å²) in [5.41, 5.74) is 1.90. The number of aliphatic hydroxyl groups is 1. The molecular formula is C27H41FN2O4Si. The molecular weight excluding hydrogens is 463 g/mol. The Morgan fingerprint density at radius 1 is 1.14 bits per heavy atom. The Kier molecular flexibility index (Phi) is 8.33. The lowest BCUT2D eigenvalue weighted by atomic mass is 9.95. The summed E-state index contributed by atoms with van der Waals surface area (Å²) in [6, 6.07) is 8.08. The number of rotatable bonds is 8. The zero-order valence-electron chi connectivity index (χ0n) is 21.4. The Morgan fingerprint density at radius 2 is 1.89 bits per heavy atom. The molecule has 0 unspecified atom stereocenters. The van der Waals surface area contributed by atoms with Gasteiger partial charge in [-0.3, -0.25) is 9.59 Å². The second kappa shape index (κ2) is 11.1. The van der Waals surface area contributed by atoms with Crippen molar-refractivity contribution in [1.29, 1.82) is 0 Å². The Balaban J connectivity index is 1.38. The van der Waals surface area contributed by atoms with Crippen LogP contribution >= 0.6 is 0 Å². The molecule has 3 aliphatic rings. The fraction of sp³-hybridized carbons (Fsp3) is 0.704. The average Bonchev–Trinajstić information content (AvgIpc) is 3.42. The molecule has 0 spiro atoms. The maximum atomic E-state index is 15.4. The average molecular weight is 505 g/mol. The van der Waals surface area contributed by atoms with Gasteiger partial charge in [-0.15, -0.1) is 0 Å². The Bertz CT molecular complexity index is 890. The van der Waals surface area contributed by atoms with Crippen LogP contribution in [-0.2, 0) is 20.7 Å². The number of carbonyl (C=O) groups is 2.